The Labute approximate surface area is 714 Å². The lowest BCUT2D eigenvalue weighted by molar-refractivity contribution is 0.703. The molecule has 572 valence electrons. The standard InChI is InChI=1S/C115H76N6S/c1-9-33-77(34-10-1)91-63-92(78-35-11-2-12-36-78)68-99(67-91)111-116-109(117-112(120-111)100-69-93(79-37-13-3-14-38-79)64-94(70-100)80-39-15-4-16-40-80)89-53-29-49-85(61-89)87-51-31-55-103(75-87)115(105-57-25-27-59-107(105)122-108-60-28-26-58-106(108)115)104-56-32-52-88(76-104)86-50-30-54-90(62-86)110-118-113(101-71-95(81-41-17-5-18-42-81)65-96(72-101)82-43-19-6-20-44-82)121-114(119-110)102-73-97(83-45-21-7-22-46-83)66-98(74-102)84-47-23-8-24-48-84/h1-76H. The van der Waals surface area contributed by atoms with Crippen molar-refractivity contribution in [1.29, 1.82) is 0 Å². The molecule has 0 fully saturated rings. The molecule has 0 unspecified atom stereocenters. The fourth-order valence-electron chi connectivity index (χ4n) is 17.3. The normalized spacial score (nSPS) is 12.0. The highest BCUT2D eigenvalue weighted by molar-refractivity contribution is 7.99. The monoisotopic (exact) mass is 1570 g/mol. The van der Waals surface area contributed by atoms with Crippen molar-refractivity contribution in [3.05, 3.63) is 483 Å². The van der Waals surface area contributed by atoms with Crippen molar-refractivity contribution in [1.82, 2.24) is 29.9 Å². The van der Waals surface area contributed by atoms with Crippen molar-refractivity contribution >= 4 is 11.8 Å². The van der Waals surface area contributed by atoms with Crippen molar-refractivity contribution in [2.45, 2.75) is 15.2 Å². The highest BCUT2D eigenvalue weighted by atomic mass is 32.2. The summed E-state index contributed by atoms with van der Waals surface area (Å²) in [5.74, 6) is 3.36. The predicted molar refractivity (Wildman–Crippen MR) is 503 cm³/mol. The van der Waals surface area contributed by atoms with Gasteiger partial charge in [0.2, 0.25) is 0 Å². The van der Waals surface area contributed by atoms with Crippen molar-refractivity contribution < 1.29 is 0 Å². The van der Waals surface area contributed by atoms with E-state index in [2.05, 4.69) is 461 Å². The summed E-state index contributed by atoms with van der Waals surface area (Å²) >= 11 is 1.83. The van der Waals surface area contributed by atoms with Crippen molar-refractivity contribution in [3.63, 3.8) is 0 Å². The Morgan fingerprint density at radius 3 is 0.549 bits per heavy atom. The van der Waals surface area contributed by atoms with E-state index in [4.69, 9.17) is 29.9 Å². The molecule has 20 aromatic rings. The molecular formula is C115H76N6S. The molecule has 0 spiro atoms. The second-order valence-corrected chi connectivity index (χ2v) is 32.0. The number of nitrogens with zero attached hydrogens (tertiary/aromatic N) is 6. The first kappa shape index (κ1) is 73.9. The van der Waals surface area contributed by atoms with Gasteiger partial charge >= 0.3 is 0 Å². The first-order valence-electron chi connectivity index (χ1n) is 41.2. The molecule has 0 aliphatic carbocycles. The Balaban J connectivity index is 0.709. The van der Waals surface area contributed by atoms with Crippen LogP contribution in [0.4, 0.5) is 0 Å². The maximum Gasteiger partial charge on any atom is 0.164 e. The molecule has 0 bridgehead atoms. The van der Waals surface area contributed by atoms with Crippen LogP contribution in [-0.4, -0.2) is 29.9 Å². The van der Waals surface area contributed by atoms with Crippen LogP contribution in [0.5, 0.6) is 0 Å². The predicted octanol–water partition coefficient (Wildman–Crippen LogP) is 29.6. The molecule has 0 saturated heterocycles. The van der Waals surface area contributed by atoms with E-state index in [1.165, 1.54) is 20.9 Å². The molecule has 0 amide bonds. The number of fused-ring (bicyclic) bond motifs is 2. The Bertz CT molecular complexity index is 6300. The van der Waals surface area contributed by atoms with E-state index in [9.17, 15) is 0 Å². The van der Waals surface area contributed by atoms with Gasteiger partial charge in [0.05, 0.1) is 5.41 Å². The maximum atomic E-state index is 5.56. The Morgan fingerprint density at radius 2 is 0.303 bits per heavy atom. The molecule has 0 radical (unpaired) electrons. The molecule has 3 heterocycles. The van der Waals surface area contributed by atoms with E-state index in [-0.39, 0.29) is 0 Å². The summed E-state index contributed by atoms with van der Waals surface area (Å²) in [5.41, 5.74) is 30.4. The smallest absolute Gasteiger partial charge is 0.164 e. The Kier molecular flexibility index (Phi) is 19.8. The van der Waals surface area contributed by atoms with Gasteiger partial charge in [-0.15, -0.1) is 0 Å². The summed E-state index contributed by atoms with van der Waals surface area (Å²) in [6, 6.07) is 165. The molecular weight excluding hydrogens is 1500 g/mol. The van der Waals surface area contributed by atoms with Crippen LogP contribution in [0, 0.1) is 0 Å². The minimum atomic E-state index is -0.810. The first-order valence-corrected chi connectivity index (χ1v) is 42.1. The first-order chi connectivity index (χ1) is 60.4. The van der Waals surface area contributed by atoms with Gasteiger partial charge in [-0.1, -0.05) is 364 Å². The number of rotatable bonds is 18. The zero-order valence-corrected chi connectivity index (χ0v) is 67.3. The van der Waals surface area contributed by atoms with Crippen LogP contribution in [0.2, 0.25) is 0 Å². The van der Waals surface area contributed by atoms with Gasteiger partial charge in [-0.05, 0) is 243 Å². The van der Waals surface area contributed by atoms with Gasteiger partial charge in [0, 0.05) is 43.2 Å². The Morgan fingerprint density at radius 1 is 0.131 bits per heavy atom. The van der Waals surface area contributed by atoms with Crippen LogP contribution < -0.4 is 0 Å². The lowest BCUT2D eigenvalue weighted by Crippen LogP contribution is -2.34. The minimum absolute atomic E-state index is 0.554. The van der Waals surface area contributed by atoms with Crippen LogP contribution in [0.25, 0.3) is 180 Å². The molecule has 21 rings (SSSR count). The van der Waals surface area contributed by atoms with Gasteiger partial charge in [0.15, 0.2) is 34.9 Å². The fourth-order valence-corrected chi connectivity index (χ4v) is 18.4. The lowest BCUT2D eigenvalue weighted by atomic mass is 9.64. The largest absolute Gasteiger partial charge is 0.208 e. The van der Waals surface area contributed by atoms with Gasteiger partial charge in [-0.25, -0.2) is 29.9 Å². The molecule has 1 aliphatic heterocycles. The second-order valence-electron chi connectivity index (χ2n) is 30.9. The highest BCUT2D eigenvalue weighted by Crippen LogP contribution is 2.57. The topological polar surface area (TPSA) is 77.3 Å². The summed E-state index contributed by atoms with van der Waals surface area (Å²) < 4.78 is 0. The fraction of sp³-hybridized carbons (Fsp3) is 0.00870. The van der Waals surface area contributed by atoms with Gasteiger partial charge in [-0.3, -0.25) is 0 Å². The summed E-state index contributed by atoms with van der Waals surface area (Å²) in [6.45, 7) is 0. The summed E-state index contributed by atoms with van der Waals surface area (Å²) in [5, 5.41) is 0. The third-order valence-electron chi connectivity index (χ3n) is 23.2. The van der Waals surface area contributed by atoms with Gasteiger partial charge in [0.25, 0.3) is 0 Å². The number of hydrogen-bond acceptors (Lipinski definition) is 7. The lowest BCUT2D eigenvalue weighted by Gasteiger charge is -2.42. The molecule has 0 saturated carbocycles. The van der Waals surface area contributed by atoms with E-state index >= 15 is 0 Å². The van der Waals surface area contributed by atoms with E-state index in [1.54, 1.807) is 0 Å². The van der Waals surface area contributed by atoms with Gasteiger partial charge in [-0.2, -0.15) is 0 Å². The second kappa shape index (κ2) is 32.7. The van der Waals surface area contributed by atoms with Crippen LogP contribution in [0.1, 0.15) is 22.3 Å². The Hall–Kier alpha value is -15.7. The van der Waals surface area contributed by atoms with E-state index in [1.807, 2.05) is 11.8 Å². The van der Waals surface area contributed by atoms with Crippen molar-refractivity contribution in [2.24, 2.45) is 0 Å². The summed E-state index contributed by atoms with van der Waals surface area (Å²) in [7, 11) is 0. The van der Waals surface area contributed by atoms with Crippen molar-refractivity contribution in [3.8, 4) is 180 Å². The summed E-state index contributed by atoms with van der Waals surface area (Å²) in [4.78, 5) is 35.7. The molecule has 7 heteroatoms. The maximum absolute atomic E-state index is 5.56. The third-order valence-corrected chi connectivity index (χ3v) is 24.3. The molecule has 1 aliphatic rings. The zero-order valence-electron chi connectivity index (χ0n) is 66.5. The average Bonchev–Trinajstić information content (AvgIpc) is 0.701. The third kappa shape index (κ3) is 14.8. The molecule has 0 N–H and O–H groups in total. The van der Waals surface area contributed by atoms with Gasteiger partial charge in [0.1, 0.15) is 0 Å². The van der Waals surface area contributed by atoms with E-state index in [0.717, 1.165) is 156 Å². The number of aromatic nitrogens is 6. The number of hydrogen-bond donors (Lipinski definition) is 0. The molecule has 0 atom stereocenters. The van der Waals surface area contributed by atoms with Crippen molar-refractivity contribution in [2.75, 3.05) is 0 Å². The van der Waals surface area contributed by atoms with Crippen LogP contribution in [-0.2, 0) is 5.41 Å². The molecule has 2 aromatic heterocycles. The van der Waals surface area contributed by atoms with Crippen LogP contribution in [0.3, 0.4) is 0 Å². The van der Waals surface area contributed by atoms with E-state index in [0.29, 0.717) is 34.9 Å². The van der Waals surface area contributed by atoms with E-state index < -0.39 is 5.41 Å². The van der Waals surface area contributed by atoms with Gasteiger partial charge < -0.3 is 0 Å². The molecule has 18 aromatic carbocycles. The average molecular weight is 1570 g/mol. The highest BCUT2D eigenvalue weighted by Gasteiger charge is 2.44. The molecule has 6 nitrogen and oxygen atoms in total. The summed E-state index contributed by atoms with van der Waals surface area (Å²) in [6.07, 6.45) is 0. The SMILES string of the molecule is c1ccc(-c2cc(-c3ccccc3)cc(-c3nc(-c4cccc(-c5cccc(C6(c7cccc(-c8cccc(-c9nc(-c%10cc(-c%11ccccc%11)cc(-c%11ccccc%11)c%10)nc(-c%10cc(-c%11ccccc%11)cc(-c%11ccccc%11)c%10)n9)c8)c7)c7ccccc7Sc7ccccc76)c5)c4)nc(-c4cc(-c5ccccc5)cc(-c5ccccc5)c4)n3)c2)cc1. The minimum Gasteiger partial charge on any atom is -0.208 e. The van der Waals surface area contributed by atoms with Crippen LogP contribution >= 0.6 is 11.8 Å². The quantitative estimate of drug-likeness (QED) is 0.0847. The zero-order chi connectivity index (χ0) is 81.1. The number of benzene rings is 18. The molecule has 122 heavy (non-hydrogen) atoms. The van der Waals surface area contributed by atoms with Crippen LogP contribution in [0.15, 0.2) is 471 Å².